The van der Waals surface area contributed by atoms with Crippen LogP contribution in [-0.2, 0) is 5.41 Å². The Morgan fingerprint density at radius 1 is 1.23 bits per heavy atom. The second kappa shape index (κ2) is 6.90. The number of rotatable bonds is 4. The predicted octanol–water partition coefficient (Wildman–Crippen LogP) is 2.31. The largest absolute Gasteiger partial charge is 0.486 e. The van der Waals surface area contributed by atoms with Crippen molar-refractivity contribution in [3.63, 3.8) is 0 Å². The molecule has 0 saturated carbocycles. The fourth-order valence-corrected chi connectivity index (χ4v) is 2.34. The van der Waals surface area contributed by atoms with Gasteiger partial charge in [-0.3, -0.25) is 4.99 Å². The number of hydrogen-bond donors (Lipinski definition) is 2. The van der Waals surface area contributed by atoms with E-state index in [-0.39, 0.29) is 5.41 Å². The Morgan fingerprint density at radius 3 is 2.55 bits per heavy atom. The molecule has 0 atom stereocenters. The van der Waals surface area contributed by atoms with Crippen LogP contribution in [0.3, 0.4) is 0 Å². The third kappa shape index (κ3) is 4.06. The van der Waals surface area contributed by atoms with Gasteiger partial charge in [0.15, 0.2) is 17.5 Å². The Bertz CT molecular complexity index is 539. The summed E-state index contributed by atoms with van der Waals surface area (Å²) >= 11 is 0. The van der Waals surface area contributed by atoms with Gasteiger partial charge < -0.3 is 20.1 Å². The van der Waals surface area contributed by atoms with E-state index in [4.69, 9.17) is 9.47 Å². The molecule has 5 nitrogen and oxygen atoms in total. The minimum atomic E-state index is -0.0512. The summed E-state index contributed by atoms with van der Waals surface area (Å²) in [4.78, 5) is 4.24. The van der Waals surface area contributed by atoms with Crippen LogP contribution < -0.4 is 20.1 Å². The summed E-state index contributed by atoms with van der Waals surface area (Å²) in [6.45, 7) is 10.6. The van der Waals surface area contributed by atoms with Gasteiger partial charge in [-0.1, -0.05) is 19.9 Å². The fourth-order valence-electron chi connectivity index (χ4n) is 2.34. The lowest BCUT2D eigenvalue weighted by molar-refractivity contribution is 0.171. The molecule has 1 aliphatic rings. The molecule has 2 rings (SSSR count). The number of ether oxygens (including phenoxy) is 2. The minimum absolute atomic E-state index is 0.0512. The minimum Gasteiger partial charge on any atom is -0.486 e. The molecule has 1 heterocycles. The molecule has 1 aromatic carbocycles. The van der Waals surface area contributed by atoms with E-state index in [1.165, 1.54) is 5.56 Å². The first-order valence-corrected chi connectivity index (χ1v) is 7.79. The molecule has 0 unspecified atom stereocenters. The average molecular weight is 305 g/mol. The van der Waals surface area contributed by atoms with Gasteiger partial charge in [0.25, 0.3) is 0 Å². The first kappa shape index (κ1) is 16.5. The lowest BCUT2D eigenvalue weighted by Gasteiger charge is -2.29. The Labute approximate surface area is 133 Å². The lowest BCUT2D eigenvalue weighted by atomic mass is 9.84. The monoisotopic (exact) mass is 305 g/mol. The van der Waals surface area contributed by atoms with Crippen molar-refractivity contribution in [1.29, 1.82) is 0 Å². The van der Waals surface area contributed by atoms with Crippen molar-refractivity contribution in [2.45, 2.75) is 39.2 Å². The van der Waals surface area contributed by atoms with Crippen molar-refractivity contribution < 1.29 is 9.47 Å². The second-order valence-electron chi connectivity index (χ2n) is 6.47. The average Bonchev–Trinajstić information content (AvgIpc) is 2.50. The summed E-state index contributed by atoms with van der Waals surface area (Å²) in [5.74, 6) is 2.48. The topological polar surface area (TPSA) is 54.9 Å². The number of benzene rings is 1. The van der Waals surface area contributed by atoms with E-state index in [0.717, 1.165) is 24.0 Å². The Morgan fingerprint density at radius 2 is 1.91 bits per heavy atom. The number of aliphatic imine (C=N–C) groups is 1. The summed E-state index contributed by atoms with van der Waals surface area (Å²) < 4.78 is 11.3. The van der Waals surface area contributed by atoms with E-state index >= 15 is 0 Å². The molecule has 5 heteroatoms. The van der Waals surface area contributed by atoms with Crippen molar-refractivity contribution in [2.75, 3.05) is 26.8 Å². The van der Waals surface area contributed by atoms with Crippen molar-refractivity contribution in [2.24, 2.45) is 4.99 Å². The summed E-state index contributed by atoms with van der Waals surface area (Å²) in [6, 6.07) is 6.53. The van der Waals surface area contributed by atoms with E-state index < -0.39 is 0 Å². The molecule has 0 bridgehead atoms. The molecule has 122 valence electrons. The van der Waals surface area contributed by atoms with Crippen molar-refractivity contribution >= 4 is 5.96 Å². The van der Waals surface area contributed by atoms with Crippen LogP contribution in [0.15, 0.2) is 23.2 Å². The van der Waals surface area contributed by atoms with Crippen LogP contribution >= 0.6 is 0 Å². The van der Waals surface area contributed by atoms with E-state index in [1.54, 1.807) is 7.05 Å². The SMILES string of the molecule is CN=C(NCC(C)(C)c1ccc2c(c1)OCCO2)NC(C)C. The zero-order valence-electron chi connectivity index (χ0n) is 14.2. The molecule has 0 aromatic heterocycles. The molecular formula is C17H27N3O2. The number of guanidine groups is 1. The summed E-state index contributed by atoms with van der Waals surface area (Å²) in [6.07, 6.45) is 0. The highest BCUT2D eigenvalue weighted by atomic mass is 16.6. The quantitative estimate of drug-likeness (QED) is 0.662. The van der Waals surface area contributed by atoms with Crippen LogP contribution in [-0.4, -0.2) is 38.8 Å². The van der Waals surface area contributed by atoms with E-state index in [2.05, 4.69) is 55.5 Å². The highest BCUT2D eigenvalue weighted by Gasteiger charge is 2.23. The third-order valence-corrected chi connectivity index (χ3v) is 3.67. The number of fused-ring (bicyclic) bond motifs is 1. The molecular weight excluding hydrogens is 278 g/mol. The first-order valence-electron chi connectivity index (χ1n) is 7.79. The Hall–Kier alpha value is -1.91. The Kier molecular flexibility index (Phi) is 5.16. The van der Waals surface area contributed by atoms with E-state index in [9.17, 15) is 0 Å². The van der Waals surface area contributed by atoms with Gasteiger partial charge >= 0.3 is 0 Å². The maximum Gasteiger partial charge on any atom is 0.191 e. The standard InChI is InChI=1S/C17H27N3O2/c1-12(2)20-16(18-5)19-11-17(3,4)13-6-7-14-15(10-13)22-9-8-21-14/h6-7,10,12H,8-9,11H2,1-5H3,(H2,18,19,20). The molecule has 0 amide bonds. The second-order valence-corrected chi connectivity index (χ2v) is 6.47. The van der Waals surface area contributed by atoms with Gasteiger partial charge in [0.2, 0.25) is 0 Å². The summed E-state index contributed by atoms with van der Waals surface area (Å²) in [7, 11) is 1.79. The van der Waals surface area contributed by atoms with Crippen molar-refractivity contribution in [3.05, 3.63) is 23.8 Å². The van der Waals surface area contributed by atoms with Gasteiger partial charge in [-0.15, -0.1) is 0 Å². The molecule has 0 aliphatic carbocycles. The van der Waals surface area contributed by atoms with Crippen LogP contribution in [0.25, 0.3) is 0 Å². The van der Waals surface area contributed by atoms with Crippen LogP contribution in [0, 0.1) is 0 Å². The van der Waals surface area contributed by atoms with Gasteiger partial charge in [0, 0.05) is 25.0 Å². The highest BCUT2D eigenvalue weighted by Crippen LogP contribution is 2.34. The molecule has 0 saturated heterocycles. The van der Waals surface area contributed by atoms with Gasteiger partial charge in [0.1, 0.15) is 13.2 Å². The maximum absolute atomic E-state index is 5.68. The maximum atomic E-state index is 5.68. The molecule has 1 aliphatic heterocycles. The van der Waals surface area contributed by atoms with Gasteiger partial charge in [-0.2, -0.15) is 0 Å². The van der Waals surface area contributed by atoms with Crippen LogP contribution in [0.5, 0.6) is 11.5 Å². The van der Waals surface area contributed by atoms with Crippen LogP contribution in [0.4, 0.5) is 0 Å². The number of nitrogens with one attached hydrogen (secondary N) is 2. The normalized spacial score (nSPS) is 14.9. The van der Waals surface area contributed by atoms with Crippen molar-refractivity contribution in [1.82, 2.24) is 10.6 Å². The number of hydrogen-bond acceptors (Lipinski definition) is 3. The lowest BCUT2D eigenvalue weighted by Crippen LogP contribution is -2.45. The fraction of sp³-hybridized carbons (Fsp3) is 0.588. The van der Waals surface area contributed by atoms with Crippen LogP contribution in [0.2, 0.25) is 0 Å². The first-order chi connectivity index (χ1) is 10.4. The zero-order chi connectivity index (χ0) is 16.2. The van der Waals surface area contributed by atoms with E-state index in [1.807, 2.05) is 6.07 Å². The summed E-state index contributed by atoms with van der Waals surface area (Å²) in [5.41, 5.74) is 1.16. The van der Waals surface area contributed by atoms with Gasteiger partial charge in [-0.05, 0) is 31.5 Å². The Balaban J connectivity index is 2.06. The zero-order valence-corrected chi connectivity index (χ0v) is 14.2. The third-order valence-electron chi connectivity index (χ3n) is 3.67. The van der Waals surface area contributed by atoms with Crippen LogP contribution in [0.1, 0.15) is 33.3 Å². The highest BCUT2D eigenvalue weighted by molar-refractivity contribution is 5.80. The molecule has 1 aromatic rings. The van der Waals surface area contributed by atoms with Crippen molar-refractivity contribution in [3.8, 4) is 11.5 Å². The smallest absolute Gasteiger partial charge is 0.191 e. The summed E-state index contributed by atoms with van der Waals surface area (Å²) in [5, 5.41) is 6.68. The van der Waals surface area contributed by atoms with Gasteiger partial charge in [0.05, 0.1) is 0 Å². The predicted molar refractivity (Wildman–Crippen MR) is 90.1 cm³/mol. The molecule has 22 heavy (non-hydrogen) atoms. The van der Waals surface area contributed by atoms with E-state index in [0.29, 0.717) is 19.3 Å². The molecule has 0 spiro atoms. The molecule has 0 fully saturated rings. The molecule has 2 N–H and O–H groups in total. The molecule has 0 radical (unpaired) electrons. The number of nitrogens with zero attached hydrogens (tertiary/aromatic N) is 1. The van der Waals surface area contributed by atoms with Gasteiger partial charge in [-0.25, -0.2) is 0 Å².